The monoisotopic (exact) mass is 283 g/mol. The fraction of sp³-hybridized carbons (Fsp3) is 0.538. The summed E-state index contributed by atoms with van der Waals surface area (Å²) in [5.74, 6) is 0. The predicted molar refractivity (Wildman–Crippen MR) is 76.1 cm³/mol. The number of hydrogen-bond acceptors (Lipinski definition) is 3. The van der Waals surface area contributed by atoms with Gasteiger partial charge in [0, 0.05) is 26.2 Å². The van der Waals surface area contributed by atoms with E-state index < -0.39 is 10.2 Å². The molecular formula is C13H21N3O2S. The summed E-state index contributed by atoms with van der Waals surface area (Å²) in [6, 6.07) is 8.23. The molecular weight excluding hydrogens is 262 g/mol. The Morgan fingerprint density at radius 3 is 2.89 bits per heavy atom. The fourth-order valence-corrected chi connectivity index (χ4v) is 3.18. The molecule has 0 amide bonds. The van der Waals surface area contributed by atoms with E-state index in [0.717, 1.165) is 13.0 Å². The second-order valence-corrected chi connectivity index (χ2v) is 6.59. The van der Waals surface area contributed by atoms with E-state index in [1.807, 2.05) is 19.1 Å². The zero-order chi connectivity index (χ0) is 13.9. The number of benzene rings is 1. The molecule has 0 saturated carbocycles. The molecule has 1 aromatic carbocycles. The Balaban J connectivity index is 2.06. The van der Waals surface area contributed by atoms with Crippen molar-refractivity contribution in [1.29, 1.82) is 0 Å². The molecule has 1 aliphatic rings. The van der Waals surface area contributed by atoms with Gasteiger partial charge in [0.15, 0.2) is 0 Å². The predicted octanol–water partition coefficient (Wildman–Crippen LogP) is 0.660. The van der Waals surface area contributed by atoms with Gasteiger partial charge in [-0.05, 0) is 24.1 Å². The van der Waals surface area contributed by atoms with Gasteiger partial charge in [-0.25, -0.2) is 4.72 Å². The molecule has 2 rings (SSSR count). The zero-order valence-electron chi connectivity index (χ0n) is 11.4. The van der Waals surface area contributed by atoms with Crippen LogP contribution in [0.25, 0.3) is 0 Å². The van der Waals surface area contributed by atoms with Gasteiger partial charge < -0.3 is 5.32 Å². The van der Waals surface area contributed by atoms with E-state index in [0.29, 0.717) is 13.1 Å². The van der Waals surface area contributed by atoms with Gasteiger partial charge in [-0.3, -0.25) is 0 Å². The molecule has 0 saturated heterocycles. The van der Waals surface area contributed by atoms with Gasteiger partial charge in [0.05, 0.1) is 0 Å². The van der Waals surface area contributed by atoms with E-state index in [-0.39, 0.29) is 6.04 Å². The molecule has 6 heteroatoms. The zero-order valence-corrected chi connectivity index (χ0v) is 12.2. The minimum absolute atomic E-state index is 0.0463. The van der Waals surface area contributed by atoms with E-state index in [1.165, 1.54) is 15.4 Å². The third-order valence-corrected chi connectivity index (χ3v) is 5.15. The molecule has 1 atom stereocenters. The summed E-state index contributed by atoms with van der Waals surface area (Å²) in [6.45, 7) is 3.54. The molecule has 0 aromatic heterocycles. The lowest BCUT2D eigenvalue weighted by Gasteiger charge is -2.27. The molecule has 5 nitrogen and oxygen atoms in total. The number of rotatable bonds is 5. The van der Waals surface area contributed by atoms with Gasteiger partial charge in [-0.1, -0.05) is 31.2 Å². The quantitative estimate of drug-likeness (QED) is 0.834. The van der Waals surface area contributed by atoms with Crippen LogP contribution in [0.1, 0.15) is 24.1 Å². The molecule has 0 radical (unpaired) electrons. The Hall–Kier alpha value is -0.950. The van der Waals surface area contributed by atoms with Crippen LogP contribution >= 0.6 is 0 Å². The van der Waals surface area contributed by atoms with Crippen LogP contribution in [0.3, 0.4) is 0 Å². The van der Waals surface area contributed by atoms with Crippen LogP contribution in [0.2, 0.25) is 0 Å². The lowest BCUT2D eigenvalue weighted by Crippen LogP contribution is -2.43. The molecule has 0 fully saturated rings. The number of nitrogens with zero attached hydrogens (tertiary/aromatic N) is 1. The Bertz CT molecular complexity index is 530. The summed E-state index contributed by atoms with van der Waals surface area (Å²) in [4.78, 5) is 0. The Morgan fingerprint density at radius 1 is 1.42 bits per heavy atom. The number of nitrogens with one attached hydrogen (secondary N) is 2. The van der Waals surface area contributed by atoms with Crippen LogP contribution in [-0.2, 0) is 16.6 Å². The summed E-state index contributed by atoms with van der Waals surface area (Å²) >= 11 is 0. The molecule has 0 spiro atoms. The van der Waals surface area contributed by atoms with Crippen molar-refractivity contribution >= 4 is 10.2 Å². The molecule has 0 aliphatic carbocycles. The van der Waals surface area contributed by atoms with Gasteiger partial charge in [-0.15, -0.1) is 0 Å². The van der Waals surface area contributed by atoms with E-state index in [9.17, 15) is 8.42 Å². The second kappa shape index (κ2) is 6.00. The Morgan fingerprint density at radius 2 is 2.16 bits per heavy atom. The molecule has 1 aromatic rings. The lowest BCUT2D eigenvalue weighted by atomic mass is 9.95. The summed E-state index contributed by atoms with van der Waals surface area (Å²) < 4.78 is 27.8. The summed E-state index contributed by atoms with van der Waals surface area (Å²) in [5, 5.41) is 3.36. The standard InChI is InChI=1S/C13H21N3O2S/c1-3-16(2)19(17,18)15-10-13-12-7-5-4-6-11(12)8-9-14-13/h4-7,13-15H,3,8-10H2,1-2H3. The molecule has 2 N–H and O–H groups in total. The first-order valence-electron chi connectivity index (χ1n) is 6.56. The van der Waals surface area contributed by atoms with Gasteiger partial charge in [0.25, 0.3) is 10.2 Å². The highest BCUT2D eigenvalue weighted by atomic mass is 32.2. The fourth-order valence-electron chi connectivity index (χ4n) is 2.24. The molecule has 0 bridgehead atoms. The van der Waals surface area contributed by atoms with E-state index >= 15 is 0 Å². The van der Waals surface area contributed by atoms with Crippen molar-refractivity contribution in [3.63, 3.8) is 0 Å². The number of fused-ring (bicyclic) bond motifs is 1. The molecule has 1 unspecified atom stereocenters. The lowest BCUT2D eigenvalue weighted by molar-refractivity contribution is 0.452. The van der Waals surface area contributed by atoms with Crippen LogP contribution in [0.4, 0.5) is 0 Å². The summed E-state index contributed by atoms with van der Waals surface area (Å²) in [6.07, 6.45) is 0.994. The van der Waals surface area contributed by atoms with Crippen LogP contribution in [-0.4, -0.2) is 39.4 Å². The molecule has 1 aliphatic heterocycles. The first-order chi connectivity index (χ1) is 9.04. The van der Waals surface area contributed by atoms with Crippen LogP contribution in [0.15, 0.2) is 24.3 Å². The van der Waals surface area contributed by atoms with Gasteiger partial charge in [0.1, 0.15) is 0 Å². The molecule has 19 heavy (non-hydrogen) atoms. The smallest absolute Gasteiger partial charge is 0.279 e. The number of hydrogen-bond donors (Lipinski definition) is 2. The second-order valence-electron chi connectivity index (χ2n) is 4.72. The van der Waals surface area contributed by atoms with Crippen molar-refractivity contribution in [2.75, 3.05) is 26.7 Å². The van der Waals surface area contributed by atoms with Crippen molar-refractivity contribution in [3.05, 3.63) is 35.4 Å². The largest absolute Gasteiger partial charge is 0.308 e. The SMILES string of the molecule is CCN(C)S(=O)(=O)NCC1NCCc2ccccc21. The maximum atomic E-state index is 11.9. The van der Waals surface area contributed by atoms with Crippen molar-refractivity contribution < 1.29 is 8.42 Å². The minimum atomic E-state index is -3.37. The maximum absolute atomic E-state index is 11.9. The molecule has 1 heterocycles. The first kappa shape index (κ1) is 14.5. The van der Waals surface area contributed by atoms with Crippen molar-refractivity contribution in [2.24, 2.45) is 0 Å². The Labute approximate surface area is 115 Å². The van der Waals surface area contributed by atoms with Gasteiger partial charge in [0.2, 0.25) is 0 Å². The van der Waals surface area contributed by atoms with Crippen LogP contribution in [0, 0.1) is 0 Å². The average Bonchev–Trinajstić information content (AvgIpc) is 2.44. The van der Waals surface area contributed by atoms with Crippen molar-refractivity contribution in [2.45, 2.75) is 19.4 Å². The van der Waals surface area contributed by atoms with E-state index in [2.05, 4.69) is 22.2 Å². The van der Waals surface area contributed by atoms with Crippen molar-refractivity contribution in [3.8, 4) is 0 Å². The minimum Gasteiger partial charge on any atom is -0.308 e. The highest BCUT2D eigenvalue weighted by molar-refractivity contribution is 7.87. The highest BCUT2D eigenvalue weighted by Gasteiger charge is 2.22. The average molecular weight is 283 g/mol. The summed E-state index contributed by atoms with van der Waals surface area (Å²) in [7, 11) is -1.79. The van der Waals surface area contributed by atoms with Crippen LogP contribution in [0.5, 0.6) is 0 Å². The van der Waals surface area contributed by atoms with Crippen molar-refractivity contribution in [1.82, 2.24) is 14.3 Å². The molecule has 106 valence electrons. The topological polar surface area (TPSA) is 61.4 Å². The normalized spacial score (nSPS) is 19.4. The first-order valence-corrected chi connectivity index (χ1v) is 8.00. The van der Waals surface area contributed by atoms with E-state index in [1.54, 1.807) is 7.05 Å². The highest BCUT2D eigenvalue weighted by Crippen LogP contribution is 2.22. The third-order valence-electron chi connectivity index (χ3n) is 3.54. The van der Waals surface area contributed by atoms with E-state index in [4.69, 9.17) is 0 Å². The van der Waals surface area contributed by atoms with Gasteiger partial charge >= 0.3 is 0 Å². The van der Waals surface area contributed by atoms with Gasteiger partial charge in [-0.2, -0.15) is 12.7 Å². The Kier molecular flexibility index (Phi) is 4.57. The maximum Gasteiger partial charge on any atom is 0.279 e. The van der Waals surface area contributed by atoms with Crippen LogP contribution < -0.4 is 10.0 Å². The third kappa shape index (κ3) is 3.33. The summed E-state index contributed by atoms with van der Waals surface area (Å²) in [5.41, 5.74) is 2.49.